The summed E-state index contributed by atoms with van der Waals surface area (Å²) in [7, 11) is 1.59. The second kappa shape index (κ2) is 8.12. The number of aryl methyl sites for hydroxylation is 3. The van der Waals surface area contributed by atoms with Crippen LogP contribution in [0.2, 0.25) is 0 Å². The second-order valence-electron chi connectivity index (χ2n) is 6.39. The average Bonchev–Trinajstić information content (AvgIpc) is 2.95. The van der Waals surface area contributed by atoms with Gasteiger partial charge >= 0.3 is 11.7 Å². The number of ether oxygens (including phenoxy) is 2. The minimum atomic E-state index is -0.348. The van der Waals surface area contributed by atoms with Crippen molar-refractivity contribution in [2.24, 2.45) is 0 Å². The molecular weight excluding hydrogens is 344 g/mol. The van der Waals surface area contributed by atoms with E-state index in [0.29, 0.717) is 12.3 Å². The van der Waals surface area contributed by atoms with Crippen LogP contribution in [0.25, 0.3) is 11.0 Å². The molecule has 0 bridgehead atoms. The van der Waals surface area contributed by atoms with Gasteiger partial charge < -0.3 is 9.47 Å². The Hall–Kier alpha value is -3.02. The first-order chi connectivity index (χ1) is 13.0. The van der Waals surface area contributed by atoms with E-state index in [4.69, 9.17) is 9.47 Å². The van der Waals surface area contributed by atoms with Crippen molar-refractivity contribution in [3.05, 3.63) is 64.1 Å². The van der Waals surface area contributed by atoms with E-state index in [-0.39, 0.29) is 31.2 Å². The number of para-hydroxylation sites is 2. The maximum atomic E-state index is 12.6. The van der Waals surface area contributed by atoms with E-state index < -0.39 is 0 Å². The number of nitrogens with zero attached hydrogens (tertiary/aromatic N) is 2. The van der Waals surface area contributed by atoms with Crippen molar-refractivity contribution in [2.75, 3.05) is 7.11 Å². The molecule has 0 saturated heterocycles. The summed E-state index contributed by atoms with van der Waals surface area (Å²) in [4.78, 5) is 24.8. The zero-order valence-electron chi connectivity index (χ0n) is 15.9. The van der Waals surface area contributed by atoms with Crippen LogP contribution in [0.15, 0.2) is 47.3 Å². The highest BCUT2D eigenvalue weighted by Crippen LogP contribution is 2.20. The van der Waals surface area contributed by atoms with Crippen molar-refractivity contribution < 1.29 is 14.3 Å². The van der Waals surface area contributed by atoms with Crippen molar-refractivity contribution >= 4 is 17.0 Å². The summed E-state index contributed by atoms with van der Waals surface area (Å²) < 4.78 is 14.0. The highest BCUT2D eigenvalue weighted by molar-refractivity contribution is 5.76. The molecule has 0 aliphatic heterocycles. The Bertz CT molecular complexity index is 1020. The molecule has 0 unspecified atom stereocenters. The van der Waals surface area contributed by atoms with Gasteiger partial charge in [0.05, 0.1) is 24.6 Å². The quantitative estimate of drug-likeness (QED) is 0.601. The number of hydrogen-bond acceptors (Lipinski definition) is 4. The van der Waals surface area contributed by atoms with Crippen LogP contribution in [0.5, 0.6) is 5.75 Å². The zero-order valence-corrected chi connectivity index (χ0v) is 15.9. The molecule has 2 aromatic carbocycles. The fourth-order valence-electron chi connectivity index (χ4n) is 3.25. The van der Waals surface area contributed by atoms with E-state index in [1.165, 1.54) is 0 Å². The third-order valence-electron chi connectivity index (χ3n) is 4.61. The fourth-order valence-corrected chi connectivity index (χ4v) is 3.25. The van der Waals surface area contributed by atoms with Gasteiger partial charge in [0, 0.05) is 18.7 Å². The lowest BCUT2D eigenvalue weighted by molar-refractivity contribution is -0.145. The number of carbonyl (C=O) groups excluding carboxylic acids is 1. The third kappa shape index (κ3) is 3.89. The molecule has 3 rings (SSSR count). The van der Waals surface area contributed by atoms with Crippen molar-refractivity contribution in [3.8, 4) is 5.75 Å². The van der Waals surface area contributed by atoms with E-state index in [0.717, 1.165) is 22.2 Å². The Morgan fingerprint density at radius 3 is 2.44 bits per heavy atom. The number of esters is 1. The summed E-state index contributed by atoms with van der Waals surface area (Å²) in [6, 6.07) is 13.3. The number of rotatable bonds is 7. The van der Waals surface area contributed by atoms with Gasteiger partial charge in [0.25, 0.3) is 0 Å². The third-order valence-corrected chi connectivity index (χ3v) is 4.61. The molecule has 0 amide bonds. The largest absolute Gasteiger partial charge is 0.496 e. The van der Waals surface area contributed by atoms with Gasteiger partial charge in [-0.1, -0.05) is 23.8 Å². The van der Waals surface area contributed by atoms with Crippen molar-refractivity contribution in [1.82, 2.24) is 9.13 Å². The van der Waals surface area contributed by atoms with Gasteiger partial charge in [0.2, 0.25) is 0 Å². The normalized spacial score (nSPS) is 10.9. The highest BCUT2D eigenvalue weighted by atomic mass is 16.5. The maximum Gasteiger partial charge on any atom is 0.329 e. The smallest absolute Gasteiger partial charge is 0.329 e. The molecule has 1 aromatic heterocycles. The molecular formula is C21H24N2O4. The number of methoxy groups -OCH3 is 1. The molecule has 3 aromatic rings. The number of fused-ring (bicyclic) bond motifs is 1. The maximum absolute atomic E-state index is 12.6. The Balaban J connectivity index is 1.69. The first-order valence-corrected chi connectivity index (χ1v) is 9.02. The second-order valence-corrected chi connectivity index (χ2v) is 6.39. The van der Waals surface area contributed by atoms with Crippen molar-refractivity contribution in [1.29, 1.82) is 0 Å². The predicted molar refractivity (Wildman–Crippen MR) is 104 cm³/mol. The molecule has 0 aliphatic rings. The van der Waals surface area contributed by atoms with Crippen LogP contribution < -0.4 is 10.4 Å². The molecule has 0 spiro atoms. The predicted octanol–water partition coefficient (Wildman–Crippen LogP) is 3.27. The molecule has 142 valence electrons. The monoisotopic (exact) mass is 368 g/mol. The molecule has 0 N–H and O–H groups in total. The number of hydrogen-bond donors (Lipinski definition) is 0. The molecule has 0 radical (unpaired) electrons. The van der Waals surface area contributed by atoms with Gasteiger partial charge in [-0.3, -0.25) is 13.9 Å². The highest BCUT2D eigenvalue weighted by Gasteiger charge is 2.14. The molecule has 6 nitrogen and oxygen atoms in total. The standard InChI is InChI=1S/C21H24N2O4/c1-4-22-17-7-5-6-8-18(17)23(21(22)25)12-11-20(24)27-14-16-13-15(2)9-10-19(16)26-3/h5-10,13H,4,11-12,14H2,1-3H3. The first kappa shape index (κ1) is 18.8. The first-order valence-electron chi connectivity index (χ1n) is 9.02. The van der Waals surface area contributed by atoms with Crippen LogP contribution in [0.1, 0.15) is 24.5 Å². The zero-order chi connectivity index (χ0) is 19.4. The van der Waals surface area contributed by atoms with Crippen LogP contribution in [-0.4, -0.2) is 22.2 Å². The van der Waals surface area contributed by atoms with E-state index >= 15 is 0 Å². The van der Waals surface area contributed by atoms with E-state index in [1.807, 2.05) is 56.3 Å². The van der Waals surface area contributed by atoms with E-state index in [1.54, 1.807) is 16.2 Å². The molecule has 0 aliphatic carbocycles. The number of benzene rings is 2. The van der Waals surface area contributed by atoms with Gasteiger partial charge in [-0.15, -0.1) is 0 Å². The summed E-state index contributed by atoms with van der Waals surface area (Å²) >= 11 is 0. The van der Waals surface area contributed by atoms with Gasteiger partial charge in [0.1, 0.15) is 12.4 Å². The lowest BCUT2D eigenvalue weighted by Gasteiger charge is -2.10. The topological polar surface area (TPSA) is 62.5 Å². The summed E-state index contributed by atoms with van der Waals surface area (Å²) in [6.07, 6.45) is 0.131. The molecule has 6 heteroatoms. The van der Waals surface area contributed by atoms with E-state index in [2.05, 4.69) is 0 Å². The van der Waals surface area contributed by atoms with Crippen LogP contribution in [0.3, 0.4) is 0 Å². The van der Waals surface area contributed by atoms with Crippen LogP contribution in [-0.2, 0) is 29.2 Å². The van der Waals surface area contributed by atoms with Gasteiger partial charge in [0.15, 0.2) is 0 Å². The van der Waals surface area contributed by atoms with Crippen molar-refractivity contribution in [3.63, 3.8) is 0 Å². The summed E-state index contributed by atoms with van der Waals surface area (Å²) in [5.41, 5.74) is 3.50. The van der Waals surface area contributed by atoms with E-state index in [9.17, 15) is 9.59 Å². The lowest BCUT2D eigenvalue weighted by atomic mass is 10.1. The Morgan fingerprint density at radius 1 is 1.07 bits per heavy atom. The van der Waals surface area contributed by atoms with Crippen LogP contribution >= 0.6 is 0 Å². The molecule has 0 fully saturated rings. The van der Waals surface area contributed by atoms with Gasteiger partial charge in [-0.05, 0) is 38.1 Å². The Kier molecular flexibility index (Phi) is 5.64. The Labute approximate surface area is 157 Å². The average molecular weight is 368 g/mol. The SMILES string of the molecule is CCn1c(=O)n(CCC(=O)OCc2cc(C)ccc2OC)c2ccccc21. The number of aromatic nitrogens is 2. The number of carbonyl (C=O) groups is 1. The fraction of sp³-hybridized carbons (Fsp3) is 0.333. The molecule has 1 heterocycles. The summed E-state index contributed by atoms with van der Waals surface area (Å²) in [6.45, 7) is 4.93. The molecule has 0 atom stereocenters. The minimum Gasteiger partial charge on any atom is -0.496 e. The van der Waals surface area contributed by atoms with Crippen LogP contribution in [0, 0.1) is 6.92 Å². The molecule has 27 heavy (non-hydrogen) atoms. The summed E-state index contributed by atoms with van der Waals surface area (Å²) in [5, 5.41) is 0. The van der Waals surface area contributed by atoms with Crippen LogP contribution in [0.4, 0.5) is 0 Å². The number of imidazole rings is 1. The molecule has 0 saturated carbocycles. The Morgan fingerprint density at radius 2 is 1.78 bits per heavy atom. The van der Waals surface area contributed by atoms with Gasteiger partial charge in [-0.2, -0.15) is 0 Å². The summed E-state index contributed by atoms with van der Waals surface area (Å²) in [5.74, 6) is 0.342. The van der Waals surface area contributed by atoms with Crippen molar-refractivity contribution in [2.45, 2.75) is 40.0 Å². The lowest BCUT2D eigenvalue weighted by Crippen LogP contribution is -2.25. The van der Waals surface area contributed by atoms with Gasteiger partial charge in [-0.25, -0.2) is 4.79 Å². The minimum absolute atomic E-state index is 0.105.